The predicted molar refractivity (Wildman–Crippen MR) is 109 cm³/mol. The van der Waals surface area contributed by atoms with E-state index in [1.165, 1.54) is 9.13 Å². The highest BCUT2D eigenvalue weighted by atomic mass is 16.5. The first-order chi connectivity index (χ1) is 13.5. The molecule has 0 spiro atoms. The number of ether oxygens (including phenoxy) is 1. The number of carbonyl (C=O) groups excluding carboxylic acids is 1. The lowest BCUT2D eigenvalue weighted by Gasteiger charge is -2.17. The number of amides is 1. The minimum Gasteiger partial charge on any atom is -0.497 e. The first-order valence-corrected chi connectivity index (χ1v) is 9.14. The lowest BCUT2D eigenvalue weighted by atomic mass is 10.2. The number of anilines is 1. The largest absolute Gasteiger partial charge is 0.497 e. The van der Waals surface area contributed by atoms with E-state index in [-0.39, 0.29) is 24.1 Å². The number of nitrogens with one attached hydrogen (secondary N) is 1. The zero-order valence-electron chi connectivity index (χ0n) is 16.1. The van der Waals surface area contributed by atoms with Crippen LogP contribution < -0.4 is 21.3 Å². The van der Waals surface area contributed by atoms with Gasteiger partial charge in [0.1, 0.15) is 12.3 Å². The van der Waals surface area contributed by atoms with Crippen molar-refractivity contribution in [2.24, 2.45) is 0 Å². The van der Waals surface area contributed by atoms with Gasteiger partial charge in [-0.3, -0.25) is 18.7 Å². The quantitative estimate of drug-likeness (QED) is 0.712. The summed E-state index contributed by atoms with van der Waals surface area (Å²) in [5.74, 6) is 0.326. The van der Waals surface area contributed by atoms with E-state index < -0.39 is 5.69 Å². The first-order valence-electron chi connectivity index (χ1n) is 9.14. The highest BCUT2D eigenvalue weighted by Gasteiger charge is 2.18. The maximum atomic E-state index is 13.0. The van der Waals surface area contributed by atoms with Crippen LogP contribution in [-0.2, 0) is 11.3 Å². The maximum absolute atomic E-state index is 13.0. The van der Waals surface area contributed by atoms with Crippen molar-refractivity contribution in [2.75, 3.05) is 12.4 Å². The van der Waals surface area contributed by atoms with Crippen LogP contribution in [0.1, 0.15) is 26.3 Å². The molecule has 0 saturated carbocycles. The van der Waals surface area contributed by atoms with Crippen molar-refractivity contribution >= 4 is 22.5 Å². The van der Waals surface area contributed by atoms with E-state index in [1.54, 1.807) is 55.6 Å². The normalized spacial score (nSPS) is 12.0. The Kier molecular flexibility index (Phi) is 5.63. The van der Waals surface area contributed by atoms with Gasteiger partial charge in [0.05, 0.1) is 18.0 Å². The molecule has 0 unspecified atom stereocenters. The van der Waals surface area contributed by atoms with Crippen LogP contribution in [0.15, 0.2) is 58.1 Å². The molecule has 0 aliphatic heterocycles. The van der Waals surface area contributed by atoms with Crippen LogP contribution in [0.25, 0.3) is 10.9 Å². The summed E-state index contributed by atoms with van der Waals surface area (Å²) in [7, 11) is 1.57. The molecule has 146 valence electrons. The molecular weight excluding hydrogens is 358 g/mol. The van der Waals surface area contributed by atoms with Gasteiger partial charge in [-0.2, -0.15) is 0 Å². The van der Waals surface area contributed by atoms with Crippen LogP contribution in [-0.4, -0.2) is 22.2 Å². The van der Waals surface area contributed by atoms with Crippen molar-refractivity contribution < 1.29 is 9.53 Å². The summed E-state index contributed by atoms with van der Waals surface area (Å²) < 4.78 is 7.67. The van der Waals surface area contributed by atoms with E-state index in [9.17, 15) is 14.4 Å². The van der Waals surface area contributed by atoms with E-state index in [0.717, 1.165) is 0 Å². The van der Waals surface area contributed by atoms with Gasteiger partial charge in [-0.25, -0.2) is 4.79 Å². The topological polar surface area (TPSA) is 82.3 Å². The number of fused-ring (bicyclic) bond motifs is 1. The standard InChI is InChI=1S/C21H23N3O4/c1-4-14(2)24-20(26)17-7-5-6-8-18(17)23(21(24)27)13-19(25)22-15-9-11-16(28-3)12-10-15/h5-12,14H,4,13H2,1-3H3,(H,22,25)/t14-/m0/s1. The molecule has 1 atom stereocenters. The van der Waals surface area contributed by atoms with Gasteiger partial charge in [0, 0.05) is 11.7 Å². The second kappa shape index (κ2) is 8.12. The highest BCUT2D eigenvalue weighted by molar-refractivity contribution is 5.91. The van der Waals surface area contributed by atoms with Gasteiger partial charge in [0.2, 0.25) is 5.91 Å². The minimum absolute atomic E-state index is 0.192. The minimum atomic E-state index is -0.483. The smallest absolute Gasteiger partial charge is 0.332 e. The molecule has 0 aliphatic rings. The molecule has 7 heteroatoms. The third kappa shape index (κ3) is 3.69. The number of para-hydroxylation sites is 1. The van der Waals surface area contributed by atoms with E-state index in [0.29, 0.717) is 28.8 Å². The van der Waals surface area contributed by atoms with Crippen molar-refractivity contribution in [2.45, 2.75) is 32.9 Å². The Morgan fingerprint density at radius 2 is 1.79 bits per heavy atom. The number of methoxy groups -OCH3 is 1. The SMILES string of the molecule is CC[C@H](C)n1c(=O)c2ccccc2n(CC(=O)Nc2ccc(OC)cc2)c1=O. The van der Waals surface area contributed by atoms with Gasteiger partial charge in [-0.05, 0) is 49.7 Å². The number of hydrogen-bond acceptors (Lipinski definition) is 4. The second-order valence-corrected chi connectivity index (χ2v) is 6.59. The van der Waals surface area contributed by atoms with Crippen LogP contribution in [0, 0.1) is 0 Å². The van der Waals surface area contributed by atoms with Crippen molar-refractivity contribution in [3.63, 3.8) is 0 Å². The number of aromatic nitrogens is 2. The van der Waals surface area contributed by atoms with E-state index in [2.05, 4.69) is 5.32 Å². The molecule has 0 saturated heterocycles. The lowest BCUT2D eigenvalue weighted by Crippen LogP contribution is -2.43. The molecule has 1 N–H and O–H groups in total. The fourth-order valence-electron chi connectivity index (χ4n) is 3.08. The fraction of sp³-hybridized carbons (Fsp3) is 0.286. The van der Waals surface area contributed by atoms with Crippen LogP contribution in [0.2, 0.25) is 0 Å². The molecule has 28 heavy (non-hydrogen) atoms. The van der Waals surface area contributed by atoms with Gasteiger partial charge in [-0.15, -0.1) is 0 Å². The number of nitrogens with zero attached hydrogens (tertiary/aromatic N) is 2. The average Bonchev–Trinajstić information content (AvgIpc) is 2.71. The van der Waals surface area contributed by atoms with Crippen LogP contribution in [0.4, 0.5) is 5.69 Å². The van der Waals surface area contributed by atoms with E-state index >= 15 is 0 Å². The molecule has 1 heterocycles. The van der Waals surface area contributed by atoms with Gasteiger partial charge >= 0.3 is 5.69 Å². The van der Waals surface area contributed by atoms with Crippen LogP contribution >= 0.6 is 0 Å². The molecule has 7 nitrogen and oxygen atoms in total. The third-order valence-electron chi connectivity index (χ3n) is 4.79. The summed E-state index contributed by atoms with van der Waals surface area (Å²) in [5.41, 5.74) is 0.227. The number of rotatable bonds is 6. The third-order valence-corrected chi connectivity index (χ3v) is 4.79. The molecular formula is C21H23N3O4. The summed E-state index contributed by atoms with van der Waals surface area (Å²) in [6.07, 6.45) is 0.630. The molecule has 0 bridgehead atoms. The van der Waals surface area contributed by atoms with Gasteiger partial charge < -0.3 is 10.1 Å². The Labute approximate surface area is 162 Å². The Bertz CT molecular complexity index is 1110. The highest BCUT2D eigenvalue weighted by Crippen LogP contribution is 2.15. The van der Waals surface area contributed by atoms with Crippen molar-refractivity contribution in [3.8, 4) is 5.75 Å². The van der Waals surface area contributed by atoms with Crippen molar-refractivity contribution in [1.29, 1.82) is 0 Å². The first kappa shape index (κ1) is 19.4. The summed E-state index contributed by atoms with van der Waals surface area (Å²) in [5, 5.41) is 3.19. The van der Waals surface area contributed by atoms with Crippen LogP contribution in [0.5, 0.6) is 5.75 Å². The van der Waals surface area contributed by atoms with Crippen molar-refractivity contribution in [3.05, 3.63) is 69.4 Å². The van der Waals surface area contributed by atoms with E-state index in [4.69, 9.17) is 4.74 Å². The molecule has 3 rings (SSSR count). The average molecular weight is 381 g/mol. The lowest BCUT2D eigenvalue weighted by molar-refractivity contribution is -0.116. The summed E-state index contributed by atoms with van der Waals surface area (Å²) in [6.45, 7) is 3.54. The van der Waals surface area contributed by atoms with Gasteiger partial charge in [-0.1, -0.05) is 19.1 Å². The number of hydrogen-bond donors (Lipinski definition) is 1. The zero-order chi connectivity index (χ0) is 20.3. The zero-order valence-corrected chi connectivity index (χ0v) is 16.1. The molecule has 2 aromatic carbocycles. The van der Waals surface area contributed by atoms with Gasteiger partial charge in [0.15, 0.2) is 0 Å². The maximum Gasteiger partial charge on any atom is 0.332 e. The molecule has 1 aromatic heterocycles. The summed E-state index contributed by atoms with van der Waals surface area (Å²) in [4.78, 5) is 38.4. The van der Waals surface area contributed by atoms with Crippen molar-refractivity contribution in [1.82, 2.24) is 9.13 Å². The Morgan fingerprint density at radius 3 is 2.43 bits per heavy atom. The number of carbonyl (C=O) groups is 1. The fourth-order valence-corrected chi connectivity index (χ4v) is 3.08. The summed E-state index contributed by atoms with van der Waals surface area (Å²) in [6, 6.07) is 13.5. The number of benzene rings is 2. The molecule has 0 fully saturated rings. The molecule has 1 amide bonds. The van der Waals surface area contributed by atoms with Gasteiger partial charge in [0.25, 0.3) is 5.56 Å². The van der Waals surface area contributed by atoms with Crippen LogP contribution in [0.3, 0.4) is 0 Å². The Hall–Kier alpha value is -3.35. The molecule has 3 aromatic rings. The Morgan fingerprint density at radius 1 is 1.11 bits per heavy atom. The second-order valence-electron chi connectivity index (χ2n) is 6.59. The predicted octanol–water partition coefficient (Wildman–Crippen LogP) is 2.78. The molecule has 0 aliphatic carbocycles. The van der Waals surface area contributed by atoms with E-state index in [1.807, 2.05) is 13.8 Å². The molecule has 0 radical (unpaired) electrons. The monoisotopic (exact) mass is 381 g/mol. The summed E-state index contributed by atoms with van der Waals surface area (Å²) >= 11 is 0. The Balaban J connectivity index is 2.00.